The summed E-state index contributed by atoms with van der Waals surface area (Å²) in [5.41, 5.74) is 0. The Morgan fingerprint density at radius 2 is 1.40 bits per heavy atom. The van der Waals surface area contributed by atoms with Gasteiger partial charge in [0.15, 0.2) is 0 Å². The Morgan fingerprint density at radius 1 is 0.650 bits per heavy atom. The molecule has 6 aliphatic carbocycles. The van der Waals surface area contributed by atoms with E-state index in [2.05, 4.69) is 24.3 Å². The Hall–Kier alpha value is -0.520. The Morgan fingerprint density at radius 3 is 2.15 bits per heavy atom. The van der Waals surface area contributed by atoms with Crippen LogP contribution in [-0.2, 0) is 0 Å². The van der Waals surface area contributed by atoms with Gasteiger partial charge in [-0.3, -0.25) is 0 Å². The fourth-order valence-electron chi connectivity index (χ4n) is 6.97. The molecule has 4 fully saturated rings. The van der Waals surface area contributed by atoms with Crippen LogP contribution in [0, 0.1) is 47.3 Å². The number of rotatable bonds is 0. The van der Waals surface area contributed by atoms with Crippen LogP contribution in [0.3, 0.4) is 0 Å². The van der Waals surface area contributed by atoms with Crippen molar-refractivity contribution < 1.29 is 0 Å². The van der Waals surface area contributed by atoms with Crippen molar-refractivity contribution in [3.8, 4) is 0 Å². The topological polar surface area (TPSA) is 0 Å². The molecule has 0 spiro atoms. The quantitative estimate of drug-likeness (QED) is 0.529. The zero-order chi connectivity index (χ0) is 13.1. The van der Waals surface area contributed by atoms with Crippen LogP contribution in [-0.4, -0.2) is 0 Å². The molecule has 8 atom stereocenters. The average Bonchev–Trinajstić information content (AvgIpc) is 3.28. The highest BCUT2D eigenvalue weighted by Gasteiger charge is 2.47. The van der Waals surface area contributed by atoms with E-state index in [1.54, 1.807) is 12.8 Å². The van der Waals surface area contributed by atoms with Crippen LogP contribution in [0.25, 0.3) is 0 Å². The van der Waals surface area contributed by atoms with E-state index in [0.29, 0.717) is 0 Å². The maximum atomic E-state index is 2.49. The van der Waals surface area contributed by atoms with Crippen molar-refractivity contribution in [1.29, 1.82) is 0 Å². The monoisotopic (exact) mass is 268 g/mol. The summed E-state index contributed by atoms with van der Waals surface area (Å²) in [7, 11) is 0. The smallest absolute Gasteiger partial charge is 0.0171 e. The zero-order valence-corrected chi connectivity index (χ0v) is 12.6. The van der Waals surface area contributed by atoms with Gasteiger partial charge in [0, 0.05) is 0 Å². The molecule has 108 valence electrons. The third-order valence-corrected chi connectivity index (χ3v) is 7.80. The molecule has 6 aliphatic rings. The summed E-state index contributed by atoms with van der Waals surface area (Å²) in [6, 6.07) is 0. The number of hydrogen-bond acceptors (Lipinski definition) is 0. The first-order valence-electron chi connectivity index (χ1n) is 9.25. The normalized spacial score (nSPS) is 56.0. The maximum absolute atomic E-state index is 2.49. The lowest BCUT2D eigenvalue weighted by atomic mass is 9.82. The fraction of sp³-hybridized carbons (Fsp3) is 0.800. The third-order valence-electron chi connectivity index (χ3n) is 7.80. The van der Waals surface area contributed by atoms with Gasteiger partial charge in [-0.2, -0.15) is 0 Å². The van der Waals surface area contributed by atoms with E-state index in [0.717, 1.165) is 47.3 Å². The Bertz CT molecular complexity index is 427. The predicted molar refractivity (Wildman–Crippen MR) is 83.1 cm³/mol. The summed E-state index contributed by atoms with van der Waals surface area (Å²) < 4.78 is 0. The van der Waals surface area contributed by atoms with Gasteiger partial charge in [0.2, 0.25) is 0 Å². The second kappa shape index (κ2) is 4.49. The first-order valence-corrected chi connectivity index (χ1v) is 9.25. The van der Waals surface area contributed by atoms with Crippen LogP contribution < -0.4 is 0 Å². The molecule has 20 heavy (non-hydrogen) atoms. The van der Waals surface area contributed by atoms with Crippen molar-refractivity contribution in [2.45, 2.75) is 51.4 Å². The van der Waals surface area contributed by atoms with Crippen LogP contribution in [0.4, 0.5) is 0 Å². The second-order valence-corrected chi connectivity index (χ2v) is 8.45. The number of allylic oxidation sites excluding steroid dienone is 4. The summed E-state index contributed by atoms with van der Waals surface area (Å²) >= 11 is 0. The van der Waals surface area contributed by atoms with E-state index in [1.165, 1.54) is 38.5 Å². The van der Waals surface area contributed by atoms with Gasteiger partial charge >= 0.3 is 0 Å². The minimum atomic E-state index is 1.01. The van der Waals surface area contributed by atoms with Gasteiger partial charge in [-0.15, -0.1) is 0 Å². The molecular weight excluding hydrogens is 240 g/mol. The molecule has 0 aromatic rings. The summed E-state index contributed by atoms with van der Waals surface area (Å²) in [4.78, 5) is 0. The largest absolute Gasteiger partial charge is 0.0879 e. The summed E-state index contributed by atoms with van der Waals surface area (Å²) in [5.74, 6) is 8.62. The second-order valence-electron chi connectivity index (χ2n) is 8.45. The lowest BCUT2D eigenvalue weighted by molar-refractivity contribution is 0.285. The molecule has 0 N–H and O–H groups in total. The minimum absolute atomic E-state index is 1.01. The van der Waals surface area contributed by atoms with Gasteiger partial charge in [0.25, 0.3) is 0 Å². The molecule has 0 radical (unpaired) electrons. The van der Waals surface area contributed by atoms with E-state index in [4.69, 9.17) is 0 Å². The highest BCUT2D eigenvalue weighted by molar-refractivity contribution is 5.15. The van der Waals surface area contributed by atoms with E-state index in [1.807, 2.05) is 0 Å². The Balaban J connectivity index is 0.0000000960. The number of hydrogen-bond donors (Lipinski definition) is 0. The van der Waals surface area contributed by atoms with E-state index in [-0.39, 0.29) is 0 Å². The molecule has 4 bridgehead atoms. The van der Waals surface area contributed by atoms with Crippen molar-refractivity contribution >= 4 is 0 Å². The van der Waals surface area contributed by atoms with Crippen LogP contribution in [0.1, 0.15) is 51.4 Å². The first-order chi connectivity index (χ1) is 9.90. The fourth-order valence-corrected chi connectivity index (χ4v) is 6.97. The third kappa shape index (κ3) is 1.66. The lowest BCUT2D eigenvalue weighted by Gasteiger charge is -2.23. The van der Waals surface area contributed by atoms with Crippen molar-refractivity contribution in [1.82, 2.24) is 0 Å². The summed E-state index contributed by atoms with van der Waals surface area (Å²) in [6.45, 7) is 0. The standard InChI is InChI=1S/2C10H14/c2*1-2-9-7-4-5-8(6-7)10(9)3-1/h4-5,7-10H,1-3,6H2;1-2,7-10H,3-6H2. The van der Waals surface area contributed by atoms with Crippen molar-refractivity contribution in [3.63, 3.8) is 0 Å². The molecule has 0 nitrogen and oxygen atoms in total. The summed E-state index contributed by atoms with van der Waals surface area (Å²) in [5, 5.41) is 0. The average molecular weight is 268 g/mol. The van der Waals surface area contributed by atoms with E-state index in [9.17, 15) is 0 Å². The molecule has 0 saturated heterocycles. The van der Waals surface area contributed by atoms with Gasteiger partial charge in [0.1, 0.15) is 0 Å². The van der Waals surface area contributed by atoms with Gasteiger partial charge in [0.05, 0.1) is 0 Å². The van der Waals surface area contributed by atoms with Crippen LogP contribution in [0.15, 0.2) is 24.3 Å². The Kier molecular flexibility index (Phi) is 2.71. The van der Waals surface area contributed by atoms with Gasteiger partial charge in [-0.1, -0.05) is 30.7 Å². The van der Waals surface area contributed by atoms with Crippen molar-refractivity contribution in [2.75, 3.05) is 0 Å². The SMILES string of the molecule is C1=CC2C3CCC(C3)C2C1.C1=CC2CC1C1CCCC21. The maximum Gasteiger partial charge on any atom is -0.0171 e. The Labute approximate surface area is 123 Å². The van der Waals surface area contributed by atoms with Crippen LogP contribution in [0.2, 0.25) is 0 Å². The molecule has 4 saturated carbocycles. The van der Waals surface area contributed by atoms with Gasteiger partial charge in [-0.05, 0) is 92.3 Å². The first kappa shape index (κ1) is 12.1. The number of fused-ring (bicyclic) bond motifs is 10. The molecule has 8 unspecified atom stereocenters. The molecule has 0 aliphatic heterocycles. The minimum Gasteiger partial charge on any atom is -0.0879 e. The zero-order valence-electron chi connectivity index (χ0n) is 12.6. The molecule has 0 aromatic heterocycles. The highest BCUT2D eigenvalue weighted by Crippen LogP contribution is 2.56. The summed E-state index contributed by atoms with van der Waals surface area (Å²) in [6.07, 6.45) is 22.0. The molecule has 0 heterocycles. The molecule has 6 rings (SSSR count). The predicted octanol–water partition coefficient (Wildman–Crippen LogP) is 5.22. The molecule has 0 heteroatoms. The van der Waals surface area contributed by atoms with Gasteiger partial charge in [-0.25, -0.2) is 0 Å². The van der Waals surface area contributed by atoms with Crippen molar-refractivity contribution in [2.24, 2.45) is 47.3 Å². The van der Waals surface area contributed by atoms with Crippen LogP contribution in [0.5, 0.6) is 0 Å². The van der Waals surface area contributed by atoms with Crippen molar-refractivity contribution in [3.05, 3.63) is 24.3 Å². The van der Waals surface area contributed by atoms with E-state index < -0.39 is 0 Å². The molecule has 0 amide bonds. The molecular formula is C20H28. The van der Waals surface area contributed by atoms with Crippen LogP contribution >= 0.6 is 0 Å². The van der Waals surface area contributed by atoms with Gasteiger partial charge < -0.3 is 0 Å². The lowest BCUT2D eigenvalue weighted by Crippen LogP contribution is -2.16. The molecule has 0 aromatic carbocycles. The highest BCUT2D eigenvalue weighted by atomic mass is 14.5. The van der Waals surface area contributed by atoms with E-state index >= 15 is 0 Å².